The highest BCUT2D eigenvalue weighted by molar-refractivity contribution is 5.86. The van der Waals surface area contributed by atoms with E-state index in [0.717, 1.165) is 25.7 Å². The van der Waals surface area contributed by atoms with Gasteiger partial charge in [0.2, 0.25) is 0 Å². The Hall–Kier alpha value is -1.52. The molecule has 0 atom stereocenters. The maximum absolute atomic E-state index is 12.2. The second-order valence-corrected chi connectivity index (χ2v) is 5.11. The summed E-state index contributed by atoms with van der Waals surface area (Å²) in [5, 5.41) is 12.2. The summed E-state index contributed by atoms with van der Waals surface area (Å²) in [6.45, 7) is 6.65. The predicted molar refractivity (Wildman–Crippen MR) is 74.0 cm³/mol. The lowest BCUT2D eigenvalue weighted by molar-refractivity contribution is -0.145. The van der Waals surface area contributed by atoms with E-state index >= 15 is 0 Å². The van der Waals surface area contributed by atoms with Crippen molar-refractivity contribution in [2.45, 2.75) is 51.0 Å². The van der Waals surface area contributed by atoms with Gasteiger partial charge in [-0.3, -0.25) is 0 Å². The average Bonchev–Trinajstić information content (AvgIpc) is 2.39. The highest BCUT2D eigenvalue weighted by atomic mass is 16.4. The number of carboxylic acids is 1. The van der Waals surface area contributed by atoms with Crippen LogP contribution in [0.15, 0.2) is 12.7 Å². The number of hydrogen-bond donors (Lipinski definition) is 2. The molecule has 1 fully saturated rings. The Morgan fingerprint density at radius 1 is 1.37 bits per heavy atom. The highest BCUT2D eigenvalue weighted by Gasteiger charge is 2.41. The molecular formula is C14H24N2O3. The van der Waals surface area contributed by atoms with Crippen molar-refractivity contribution in [3.05, 3.63) is 12.7 Å². The Kier molecular flexibility index (Phi) is 5.86. The number of urea groups is 1. The van der Waals surface area contributed by atoms with Gasteiger partial charge >= 0.3 is 12.0 Å². The largest absolute Gasteiger partial charge is 0.480 e. The van der Waals surface area contributed by atoms with Crippen LogP contribution in [0.2, 0.25) is 0 Å². The smallest absolute Gasteiger partial charge is 0.329 e. The normalized spacial score (nSPS) is 17.5. The molecule has 0 unspecified atom stereocenters. The molecule has 1 saturated carbocycles. The third-order valence-electron chi connectivity index (χ3n) is 3.59. The fraction of sp³-hybridized carbons (Fsp3) is 0.714. The van der Waals surface area contributed by atoms with Gasteiger partial charge in [0, 0.05) is 13.1 Å². The van der Waals surface area contributed by atoms with Gasteiger partial charge in [-0.15, -0.1) is 6.58 Å². The van der Waals surface area contributed by atoms with Crippen molar-refractivity contribution < 1.29 is 14.7 Å². The zero-order valence-corrected chi connectivity index (χ0v) is 11.7. The fourth-order valence-electron chi connectivity index (χ4n) is 2.53. The van der Waals surface area contributed by atoms with Crippen LogP contribution in [-0.4, -0.2) is 40.6 Å². The molecule has 0 aliphatic heterocycles. The molecule has 5 nitrogen and oxygen atoms in total. The number of nitrogens with one attached hydrogen (secondary N) is 1. The Morgan fingerprint density at radius 3 is 2.47 bits per heavy atom. The topological polar surface area (TPSA) is 69.6 Å². The Bertz CT molecular complexity index is 336. The van der Waals surface area contributed by atoms with Crippen LogP contribution >= 0.6 is 0 Å². The van der Waals surface area contributed by atoms with Crippen molar-refractivity contribution >= 4 is 12.0 Å². The lowest BCUT2D eigenvalue weighted by atomic mass is 9.82. The Balaban J connectivity index is 2.74. The van der Waals surface area contributed by atoms with Crippen LogP contribution in [0, 0.1) is 0 Å². The number of rotatable bonds is 6. The SMILES string of the molecule is C=CCN(CCC)C(=O)NC1(C(=O)O)CCCCC1. The Labute approximate surface area is 114 Å². The highest BCUT2D eigenvalue weighted by Crippen LogP contribution is 2.28. The summed E-state index contributed by atoms with van der Waals surface area (Å²) in [4.78, 5) is 25.3. The van der Waals surface area contributed by atoms with Gasteiger partial charge in [-0.1, -0.05) is 32.3 Å². The van der Waals surface area contributed by atoms with Crippen molar-refractivity contribution in [2.24, 2.45) is 0 Å². The van der Waals surface area contributed by atoms with Gasteiger partial charge < -0.3 is 15.3 Å². The van der Waals surface area contributed by atoms with E-state index < -0.39 is 11.5 Å². The van der Waals surface area contributed by atoms with Gasteiger partial charge in [0.1, 0.15) is 5.54 Å². The first-order chi connectivity index (χ1) is 9.05. The van der Waals surface area contributed by atoms with E-state index in [1.165, 1.54) is 0 Å². The van der Waals surface area contributed by atoms with Gasteiger partial charge in [0.25, 0.3) is 0 Å². The van der Waals surface area contributed by atoms with Crippen LogP contribution < -0.4 is 5.32 Å². The van der Waals surface area contributed by atoms with E-state index in [1.54, 1.807) is 11.0 Å². The lowest BCUT2D eigenvalue weighted by Crippen LogP contribution is -2.58. The minimum Gasteiger partial charge on any atom is -0.480 e. The predicted octanol–water partition coefficient (Wildman–Crippen LogP) is 2.38. The van der Waals surface area contributed by atoms with Gasteiger partial charge in [-0.25, -0.2) is 9.59 Å². The van der Waals surface area contributed by atoms with Crippen LogP contribution in [-0.2, 0) is 4.79 Å². The molecule has 0 heterocycles. The summed E-state index contributed by atoms with van der Waals surface area (Å²) in [7, 11) is 0. The van der Waals surface area contributed by atoms with Gasteiger partial charge in [-0.05, 0) is 19.3 Å². The fourth-order valence-corrected chi connectivity index (χ4v) is 2.53. The average molecular weight is 268 g/mol. The third kappa shape index (κ3) is 3.98. The van der Waals surface area contributed by atoms with E-state index in [4.69, 9.17) is 0 Å². The van der Waals surface area contributed by atoms with Crippen molar-refractivity contribution in [3.8, 4) is 0 Å². The molecule has 1 aliphatic carbocycles. The first-order valence-electron chi connectivity index (χ1n) is 6.97. The number of carbonyl (C=O) groups is 2. The molecule has 0 aromatic carbocycles. The number of carbonyl (C=O) groups excluding carboxylic acids is 1. The molecule has 108 valence electrons. The zero-order chi connectivity index (χ0) is 14.3. The van der Waals surface area contributed by atoms with Gasteiger partial charge in [0.05, 0.1) is 0 Å². The van der Waals surface area contributed by atoms with Crippen LogP contribution in [0.3, 0.4) is 0 Å². The standard InChI is InChI=1S/C14H24N2O3/c1-3-10-16(11-4-2)13(19)15-14(12(17)18)8-6-5-7-9-14/h3H,1,4-11H2,2H3,(H,15,19)(H,17,18). The third-order valence-corrected chi connectivity index (χ3v) is 3.59. The number of amides is 2. The van der Waals surface area contributed by atoms with E-state index in [-0.39, 0.29) is 6.03 Å². The van der Waals surface area contributed by atoms with Crippen LogP contribution in [0.4, 0.5) is 4.79 Å². The second-order valence-electron chi connectivity index (χ2n) is 5.11. The molecule has 1 rings (SSSR count). The number of aliphatic carboxylic acids is 1. The van der Waals surface area contributed by atoms with Crippen LogP contribution in [0.25, 0.3) is 0 Å². The molecule has 0 bridgehead atoms. The summed E-state index contributed by atoms with van der Waals surface area (Å²) < 4.78 is 0. The second kappa shape index (κ2) is 7.16. The zero-order valence-electron chi connectivity index (χ0n) is 11.7. The summed E-state index contributed by atoms with van der Waals surface area (Å²) in [5.41, 5.74) is -1.08. The molecular weight excluding hydrogens is 244 g/mol. The summed E-state index contributed by atoms with van der Waals surface area (Å²) in [6, 6.07) is -0.300. The van der Waals surface area contributed by atoms with E-state index in [1.807, 2.05) is 6.92 Å². The first kappa shape index (κ1) is 15.5. The van der Waals surface area contributed by atoms with E-state index in [2.05, 4.69) is 11.9 Å². The van der Waals surface area contributed by atoms with Gasteiger partial charge in [-0.2, -0.15) is 0 Å². The van der Waals surface area contributed by atoms with Gasteiger partial charge in [0.15, 0.2) is 0 Å². The van der Waals surface area contributed by atoms with Crippen LogP contribution in [0.1, 0.15) is 45.4 Å². The minimum atomic E-state index is -1.08. The summed E-state index contributed by atoms with van der Waals surface area (Å²) in [6.07, 6.45) is 6.26. The molecule has 0 radical (unpaired) electrons. The van der Waals surface area contributed by atoms with E-state index in [9.17, 15) is 14.7 Å². The molecule has 2 N–H and O–H groups in total. The van der Waals surface area contributed by atoms with Crippen molar-refractivity contribution in [2.75, 3.05) is 13.1 Å². The maximum atomic E-state index is 12.2. The monoisotopic (exact) mass is 268 g/mol. The van der Waals surface area contributed by atoms with Crippen LogP contribution in [0.5, 0.6) is 0 Å². The van der Waals surface area contributed by atoms with Crippen molar-refractivity contribution in [1.82, 2.24) is 10.2 Å². The quantitative estimate of drug-likeness (QED) is 0.727. The molecule has 1 aliphatic rings. The molecule has 0 spiro atoms. The maximum Gasteiger partial charge on any atom is 0.329 e. The Morgan fingerprint density at radius 2 is 2.00 bits per heavy atom. The molecule has 0 aromatic rings. The summed E-state index contributed by atoms with van der Waals surface area (Å²) >= 11 is 0. The van der Waals surface area contributed by atoms with E-state index in [0.29, 0.717) is 25.9 Å². The summed E-state index contributed by atoms with van der Waals surface area (Å²) in [5.74, 6) is -0.921. The lowest BCUT2D eigenvalue weighted by Gasteiger charge is -2.36. The van der Waals surface area contributed by atoms with Crippen molar-refractivity contribution in [3.63, 3.8) is 0 Å². The molecule has 0 saturated heterocycles. The first-order valence-corrected chi connectivity index (χ1v) is 6.97. The van der Waals surface area contributed by atoms with Crippen molar-refractivity contribution in [1.29, 1.82) is 0 Å². The minimum absolute atomic E-state index is 0.300. The molecule has 0 aromatic heterocycles. The number of carboxylic acid groups (broad SMARTS) is 1. The number of nitrogens with zero attached hydrogens (tertiary/aromatic N) is 1. The molecule has 5 heteroatoms. The molecule has 19 heavy (non-hydrogen) atoms. The number of hydrogen-bond acceptors (Lipinski definition) is 2. The molecule has 2 amide bonds.